The van der Waals surface area contributed by atoms with Crippen LogP contribution in [0.4, 0.5) is 4.79 Å². The zero-order valence-corrected chi connectivity index (χ0v) is 11.3. The number of aliphatic hydroxyl groups excluding tert-OH is 1. The van der Waals surface area contributed by atoms with Crippen LogP contribution in [0.1, 0.15) is 19.8 Å². The normalized spacial score (nSPS) is 19.8. The van der Waals surface area contributed by atoms with Gasteiger partial charge in [0.1, 0.15) is 0 Å². The Morgan fingerprint density at radius 1 is 1.42 bits per heavy atom. The second-order valence-corrected chi connectivity index (χ2v) is 4.89. The monoisotopic (exact) mass is 274 g/mol. The number of aliphatic hydroxyl groups is 1. The summed E-state index contributed by atoms with van der Waals surface area (Å²) in [5.41, 5.74) is 0. The largest absolute Gasteiger partial charge is 0.480 e. The van der Waals surface area contributed by atoms with Crippen molar-refractivity contribution in [2.45, 2.75) is 31.9 Å². The molecule has 0 aromatic rings. The fourth-order valence-electron chi connectivity index (χ4n) is 2.15. The van der Waals surface area contributed by atoms with Crippen LogP contribution in [0.15, 0.2) is 0 Å². The molecule has 0 radical (unpaired) electrons. The molecule has 0 bridgehead atoms. The van der Waals surface area contributed by atoms with Gasteiger partial charge in [-0.3, -0.25) is 0 Å². The average molecular weight is 274 g/mol. The maximum absolute atomic E-state index is 11.9. The van der Waals surface area contributed by atoms with Crippen molar-refractivity contribution in [2.24, 2.45) is 5.92 Å². The third-order valence-electron chi connectivity index (χ3n) is 3.33. The van der Waals surface area contributed by atoms with Crippen LogP contribution in [0.2, 0.25) is 0 Å². The lowest BCUT2D eigenvalue weighted by Crippen LogP contribution is -2.53. The molecule has 1 heterocycles. The average Bonchev–Trinajstić information content (AvgIpc) is 2.36. The number of hydrogen-bond donors (Lipinski definition) is 3. The number of piperidine rings is 1. The molecule has 0 aromatic heterocycles. The first kappa shape index (κ1) is 15.7. The highest BCUT2D eigenvalue weighted by molar-refractivity contribution is 5.83. The second kappa shape index (κ2) is 7.30. The molecular formula is C12H22N2O5. The van der Waals surface area contributed by atoms with Crippen LogP contribution in [-0.2, 0) is 9.53 Å². The van der Waals surface area contributed by atoms with E-state index in [1.165, 1.54) is 6.92 Å². The lowest BCUT2D eigenvalue weighted by molar-refractivity contribution is -0.141. The van der Waals surface area contributed by atoms with Crippen molar-refractivity contribution in [3.05, 3.63) is 0 Å². The number of likely N-dealkylation sites (tertiary alicyclic amines) is 1. The molecule has 1 fully saturated rings. The van der Waals surface area contributed by atoms with Crippen LogP contribution in [0, 0.1) is 5.92 Å². The van der Waals surface area contributed by atoms with Gasteiger partial charge in [-0.1, -0.05) is 0 Å². The number of carbonyl (C=O) groups is 2. The Labute approximate surface area is 112 Å². The standard InChI is InChI=1S/C12H22N2O5/c1-8(15)10(11(16)17)13-12(18)14-5-3-9(4-6-14)7-19-2/h8-10,15H,3-7H2,1-2H3,(H,13,18)(H,16,17)/t8-,10+/m1/s1. The fraction of sp³-hybridized carbons (Fsp3) is 0.833. The van der Waals surface area contributed by atoms with Crippen LogP contribution in [0.5, 0.6) is 0 Å². The van der Waals surface area contributed by atoms with Gasteiger partial charge in [0.15, 0.2) is 6.04 Å². The molecule has 1 aliphatic heterocycles. The number of nitrogens with one attached hydrogen (secondary N) is 1. The molecule has 0 aromatic carbocycles. The van der Waals surface area contributed by atoms with Crippen LogP contribution in [0.25, 0.3) is 0 Å². The summed E-state index contributed by atoms with van der Waals surface area (Å²) in [5, 5.41) is 20.5. The molecule has 0 aliphatic carbocycles. The molecule has 7 nitrogen and oxygen atoms in total. The minimum Gasteiger partial charge on any atom is -0.480 e. The summed E-state index contributed by atoms with van der Waals surface area (Å²) in [5.74, 6) is -0.793. The Kier molecular flexibility index (Phi) is 6.04. The highest BCUT2D eigenvalue weighted by atomic mass is 16.5. The van der Waals surface area contributed by atoms with Crippen molar-refractivity contribution in [2.75, 3.05) is 26.8 Å². The maximum atomic E-state index is 11.9. The van der Waals surface area contributed by atoms with E-state index < -0.39 is 24.1 Å². The number of ether oxygens (including phenoxy) is 1. The number of methoxy groups -OCH3 is 1. The zero-order valence-electron chi connectivity index (χ0n) is 11.3. The van der Waals surface area contributed by atoms with Crippen molar-refractivity contribution < 1.29 is 24.5 Å². The molecule has 7 heteroatoms. The van der Waals surface area contributed by atoms with E-state index >= 15 is 0 Å². The summed E-state index contributed by atoms with van der Waals surface area (Å²) < 4.78 is 5.07. The summed E-state index contributed by atoms with van der Waals surface area (Å²) in [4.78, 5) is 24.4. The van der Waals surface area contributed by atoms with Crippen molar-refractivity contribution in [3.8, 4) is 0 Å². The highest BCUT2D eigenvalue weighted by Crippen LogP contribution is 2.17. The highest BCUT2D eigenvalue weighted by Gasteiger charge is 2.29. The summed E-state index contributed by atoms with van der Waals surface area (Å²) in [7, 11) is 1.65. The molecule has 1 saturated heterocycles. The smallest absolute Gasteiger partial charge is 0.328 e. The zero-order chi connectivity index (χ0) is 14.4. The minimum atomic E-state index is -1.27. The molecular weight excluding hydrogens is 252 g/mol. The number of urea groups is 1. The van der Waals surface area contributed by atoms with E-state index in [-0.39, 0.29) is 0 Å². The molecule has 2 atom stereocenters. The number of rotatable bonds is 5. The van der Waals surface area contributed by atoms with Gasteiger partial charge in [0.25, 0.3) is 0 Å². The van der Waals surface area contributed by atoms with E-state index in [4.69, 9.17) is 9.84 Å². The van der Waals surface area contributed by atoms with Gasteiger partial charge in [0, 0.05) is 26.8 Å². The predicted octanol–water partition coefficient (Wildman–Crippen LogP) is -0.112. The Hall–Kier alpha value is -1.34. The van der Waals surface area contributed by atoms with E-state index in [2.05, 4.69) is 5.32 Å². The van der Waals surface area contributed by atoms with Gasteiger partial charge in [-0.25, -0.2) is 9.59 Å². The number of carboxylic acids is 1. The third-order valence-corrected chi connectivity index (χ3v) is 3.33. The molecule has 0 saturated carbocycles. The molecule has 1 rings (SSSR count). The molecule has 3 N–H and O–H groups in total. The first-order chi connectivity index (χ1) is 8.95. The van der Waals surface area contributed by atoms with Gasteiger partial charge < -0.3 is 25.2 Å². The van der Waals surface area contributed by atoms with Gasteiger partial charge in [0.05, 0.1) is 6.10 Å². The summed E-state index contributed by atoms with van der Waals surface area (Å²) in [6.45, 7) is 3.17. The Morgan fingerprint density at radius 2 is 2.00 bits per heavy atom. The number of nitrogens with zero attached hydrogens (tertiary/aromatic N) is 1. The van der Waals surface area contributed by atoms with Gasteiger partial charge >= 0.3 is 12.0 Å². The predicted molar refractivity (Wildman–Crippen MR) is 67.8 cm³/mol. The minimum absolute atomic E-state index is 0.441. The fourth-order valence-corrected chi connectivity index (χ4v) is 2.15. The Balaban J connectivity index is 2.44. The molecule has 2 amide bonds. The van der Waals surface area contributed by atoms with E-state index in [0.29, 0.717) is 25.6 Å². The lowest BCUT2D eigenvalue weighted by Gasteiger charge is -2.32. The second-order valence-electron chi connectivity index (χ2n) is 4.89. The van der Waals surface area contributed by atoms with Crippen molar-refractivity contribution in [1.82, 2.24) is 10.2 Å². The van der Waals surface area contributed by atoms with Gasteiger partial charge in [0.2, 0.25) is 0 Å². The van der Waals surface area contributed by atoms with Crippen molar-refractivity contribution >= 4 is 12.0 Å². The maximum Gasteiger partial charge on any atom is 0.328 e. The van der Waals surface area contributed by atoms with Crippen LogP contribution in [-0.4, -0.2) is 66.1 Å². The van der Waals surface area contributed by atoms with E-state index in [1.807, 2.05) is 0 Å². The van der Waals surface area contributed by atoms with Gasteiger partial charge in [-0.2, -0.15) is 0 Å². The topological polar surface area (TPSA) is 99.1 Å². The first-order valence-corrected chi connectivity index (χ1v) is 6.41. The van der Waals surface area contributed by atoms with Crippen molar-refractivity contribution in [3.63, 3.8) is 0 Å². The van der Waals surface area contributed by atoms with E-state index in [0.717, 1.165) is 12.8 Å². The molecule has 1 aliphatic rings. The Morgan fingerprint density at radius 3 is 2.42 bits per heavy atom. The first-order valence-electron chi connectivity index (χ1n) is 6.41. The number of hydrogen-bond acceptors (Lipinski definition) is 4. The van der Waals surface area contributed by atoms with E-state index in [1.54, 1.807) is 12.0 Å². The molecule has 0 unspecified atom stereocenters. The molecule has 0 spiro atoms. The van der Waals surface area contributed by atoms with Crippen LogP contribution >= 0.6 is 0 Å². The summed E-state index contributed by atoms with van der Waals surface area (Å²) in [6.07, 6.45) is 0.550. The Bertz CT molecular complexity index is 313. The quantitative estimate of drug-likeness (QED) is 0.649. The summed E-state index contributed by atoms with van der Waals surface area (Å²) >= 11 is 0. The van der Waals surface area contributed by atoms with Gasteiger partial charge in [-0.15, -0.1) is 0 Å². The number of amides is 2. The van der Waals surface area contributed by atoms with Gasteiger partial charge in [-0.05, 0) is 25.7 Å². The molecule has 19 heavy (non-hydrogen) atoms. The lowest BCUT2D eigenvalue weighted by atomic mass is 9.98. The number of aliphatic carboxylic acids is 1. The van der Waals surface area contributed by atoms with E-state index in [9.17, 15) is 14.7 Å². The summed E-state index contributed by atoms with van der Waals surface area (Å²) in [6, 6.07) is -1.71. The van der Waals surface area contributed by atoms with Crippen molar-refractivity contribution in [1.29, 1.82) is 0 Å². The SMILES string of the molecule is COCC1CCN(C(=O)N[C@H](C(=O)O)[C@@H](C)O)CC1. The molecule has 110 valence electrons. The van der Waals surface area contributed by atoms with Crippen LogP contribution < -0.4 is 5.32 Å². The third kappa shape index (κ3) is 4.68. The number of carbonyl (C=O) groups excluding carboxylic acids is 1. The van der Waals surface area contributed by atoms with Crippen LogP contribution in [0.3, 0.4) is 0 Å². The number of carboxylic acid groups (broad SMARTS) is 1.